The Morgan fingerprint density at radius 1 is 0.538 bits per heavy atom. The molecule has 1 rings (SSSR count). The van der Waals surface area contributed by atoms with Gasteiger partial charge in [-0.05, 0) is 148 Å². The van der Waals surface area contributed by atoms with Crippen LogP contribution in [-0.2, 0) is 32.3 Å². The topological polar surface area (TPSA) is 72.8 Å². The lowest BCUT2D eigenvalue weighted by Gasteiger charge is -2.07. The van der Waals surface area contributed by atoms with E-state index in [0.717, 1.165) is 0 Å². The van der Waals surface area contributed by atoms with Crippen molar-refractivity contribution in [1.82, 2.24) is 0 Å². The lowest BCUT2D eigenvalue weighted by Crippen LogP contribution is -2.04. The Morgan fingerprint density at radius 2 is 0.846 bits per heavy atom. The van der Waals surface area contributed by atoms with Gasteiger partial charge in [0, 0.05) is 11.8 Å². The number of esters is 2. The fourth-order valence-corrected chi connectivity index (χ4v) is 1.95. The quantitative estimate of drug-likeness (QED) is 0.378. The molecular formula is C34H10O5. The Kier molecular flexibility index (Phi) is 15.3. The lowest BCUT2D eigenvalue weighted by atomic mass is 10.1. The first-order valence-corrected chi connectivity index (χ1v) is 10.1. The molecule has 0 aliphatic rings. The highest BCUT2D eigenvalue weighted by Gasteiger charge is 2.05. The maximum absolute atomic E-state index is 11.7. The number of carbonyl (C=O) groups excluding carboxylic acids is 2. The number of hydrogen-bond donors (Lipinski definition) is 1. The van der Waals surface area contributed by atoms with E-state index in [1.165, 1.54) is 12.1 Å². The number of hydrogen-bond acceptors (Lipinski definition) is 5. The van der Waals surface area contributed by atoms with Gasteiger partial charge in [-0.3, -0.25) is 0 Å². The van der Waals surface area contributed by atoms with Crippen LogP contribution in [0.1, 0.15) is 11.1 Å². The molecule has 0 spiro atoms. The summed E-state index contributed by atoms with van der Waals surface area (Å²) in [7, 11) is 0. The van der Waals surface area contributed by atoms with Crippen LogP contribution in [0.3, 0.4) is 0 Å². The van der Waals surface area contributed by atoms with E-state index in [1.54, 1.807) is 6.07 Å². The summed E-state index contributed by atoms with van der Waals surface area (Å²) in [6.45, 7) is -0.386. The van der Waals surface area contributed by atoms with Gasteiger partial charge in [-0.2, -0.15) is 0 Å². The van der Waals surface area contributed by atoms with E-state index in [9.17, 15) is 14.7 Å². The van der Waals surface area contributed by atoms with E-state index in [-0.39, 0.29) is 19.0 Å². The van der Waals surface area contributed by atoms with E-state index in [0.29, 0.717) is 11.1 Å². The van der Waals surface area contributed by atoms with Gasteiger partial charge in [-0.15, -0.1) is 12.8 Å². The van der Waals surface area contributed by atoms with Crippen molar-refractivity contribution in [2.75, 3.05) is 0 Å². The molecule has 5 nitrogen and oxygen atoms in total. The predicted molar refractivity (Wildman–Crippen MR) is 143 cm³/mol. The van der Waals surface area contributed by atoms with Crippen LogP contribution in [0, 0.1) is 143 Å². The second-order valence-electron chi connectivity index (χ2n) is 5.95. The van der Waals surface area contributed by atoms with Crippen LogP contribution in [0.4, 0.5) is 0 Å². The minimum Gasteiger partial charge on any atom is -0.508 e. The molecule has 0 atom stereocenters. The zero-order chi connectivity index (χ0) is 28.4. The molecule has 0 fully saturated rings. The number of benzene rings is 1. The molecule has 176 valence electrons. The van der Waals surface area contributed by atoms with Crippen molar-refractivity contribution in [3.63, 3.8) is 0 Å². The molecule has 0 bridgehead atoms. The monoisotopic (exact) mass is 498 g/mol. The summed E-state index contributed by atoms with van der Waals surface area (Å²) in [4.78, 5) is 23.5. The van der Waals surface area contributed by atoms with Gasteiger partial charge < -0.3 is 14.6 Å². The van der Waals surface area contributed by atoms with E-state index in [1.807, 2.05) is 0 Å². The number of carbonyl (C=O) groups is 2. The number of rotatable bonds is 4. The molecule has 1 aromatic rings. The van der Waals surface area contributed by atoms with Crippen molar-refractivity contribution in [3.8, 4) is 149 Å². The standard InChI is InChI=1S/C34H10O5/c1-3-5-7-9-11-13-15-17-19-21-23-33(36)38-28-30-25-31(27-32(35)26-30)29-39-34(37)24-22-20-18-16-14-12-10-8-6-4-2/h1-2,25-27,35H,28-29H2. The zero-order valence-corrected chi connectivity index (χ0v) is 19.9. The van der Waals surface area contributed by atoms with E-state index >= 15 is 0 Å². The first-order chi connectivity index (χ1) is 19.0. The van der Waals surface area contributed by atoms with E-state index in [2.05, 4.69) is 130 Å². The zero-order valence-electron chi connectivity index (χ0n) is 19.9. The SMILES string of the molecule is C#CC#CC#CC#CC#CC#CC(=O)OCc1cc(O)cc(COC(=O)C#CC#CC#CC#CC#CC#C)c1. The molecule has 0 aliphatic heterocycles. The molecule has 0 unspecified atom stereocenters. The smallest absolute Gasteiger partial charge is 0.385 e. The number of aromatic hydroxyl groups is 1. The fourth-order valence-electron chi connectivity index (χ4n) is 1.95. The van der Waals surface area contributed by atoms with E-state index < -0.39 is 11.9 Å². The van der Waals surface area contributed by atoms with Gasteiger partial charge in [0.05, 0.1) is 0 Å². The molecule has 0 saturated carbocycles. The van der Waals surface area contributed by atoms with Gasteiger partial charge in [0.25, 0.3) is 0 Å². The maximum Gasteiger partial charge on any atom is 0.385 e. The van der Waals surface area contributed by atoms with Gasteiger partial charge in [0.1, 0.15) is 19.0 Å². The summed E-state index contributed by atoms with van der Waals surface area (Å²) in [5, 5.41) is 9.88. The van der Waals surface area contributed by atoms with Crippen molar-refractivity contribution in [3.05, 3.63) is 29.3 Å². The van der Waals surface area contributed by atoms with Gasteiger partial charge >= 0.3 is 11.9 Å². The number of ether oxygens (including phenoxy) is 2. The normalized spacial score (nSPS) is 6.41. The Morgan fingerprint density at radius 3 is 1.18 bits per heavy atom. The third-order valence-electron chi connectivity index (χ3n) is 3.25. The molecule has 39 heavy (non-hydrogen) atoms. The average Bonchev–Trinajstić information content (AvgIpc) is 2.92. The van der Waals surface area contributed by atoms with Crippen molar-refractivity contribution in [2.45, 2.75) is 13.2 Å². The number of terminal acetylenes is 2. The molecule has 0 saturated heterocycles. The number of phenols is 1. The van der Waals surface area contributed by atoms with E-state index in [4.69, 9.17) is 22.3 Å². The Labute approximate surface area is 227 Å². The summed E-state index contributed by atoms with van der Waals surface area (Å²) in [5.74, 6) is 49.3. The molecule has 0 radical (unpaired) electrons. The fraction of sp³-hybridized carbons (Fsp3) is 0.0588. The van der Waals surface area contributed by atoms with Crippen LogP contribution >= 0.6 is 0 Å². The highest BCUT2D eigenvalue weighted by Crippen LogP contribution is 2.17. The summed E-state index contributed by atoms with van der Waals surface area (Å²) in [6.07, 6.45) is 9.86. The molecule has 0 aliphatic carbocycles. The summed E-state index contributed by atoms with van der Waals surface area (Å²) >= 11 is 0. The van der Waals surface area contributed by atoms with Crippen LogP contribution < -0.4 is 0 Å². The average molecular weight is 498 g/mol. The number of phenolic OH excluding ortho intramolecular Hbond substituents is 1. The molecule has 0 aromatic heterocycles. The minimum atomic E-state index is -0.844. The molecular weight excluding hydrogens is 488 g/mol. The van der Waals surface area contributed by atoms with Gasteiger partial charge in [-0.1, -0.05) is 0 Å². The minimum absolute atomic E-state index is 0.123. The van der Waals surface area contributed by atoms with Gasteiger partial charge in [0.2, 0.25) is 0 Å². The highest BCUT2D eigenvalue weighted by molar-refractivity contribution is 5.89. The Bertz CT molecular complexity index is 1740. The summed E-state index contributed by atoms with van der Waals surface area (Å²) < 4.78 is 10.0. The van der Waals surface area contributed by atoms with Crippen molar-refractivity contribution in [1.29, 1.82) is 0 Å². The van der Waals surface area contributed by atoms with Crippen LogP contribution in [0.15, 0.2) is 18.2 Å². The Hall–Kier alpha value is -7.32. The van der Waals surface area contributed by atoms with Gasteiger partial charge in [-0.25, -0.2) is 9.59 Å². The lowest BCUT2D eigenvalue weighted by molar-refractivity contribution is -0.138. The van der Waals surface area contributed by atoms with Gasteiger partial charge in [0.15, 0.2) is 0 Å². The third kappa shape index (κ3) is 16.9. The van der Waals surface area contributed by atoms with Crippen LogP contribution in [0.25, 0.3) is 0 Å². The Balaban J connectivity index is 2.59. The first kappa shape index (κ1) is 29.7. The van der Waals surface area contributed by atoms with Crippen LogP contribution in [0.5, 0.6) is 5.75 Å². The van der Waals surface area contributed by atoms with Crippen molar-refractivity contribution in [2.24, 2.45) is 0 Å². The van der Waals surface area contributed by atoms with Crippen molar-refractivity contribution < 1.29 is 24.2 Å². The summed E-state index contributed by atoms with van der Waals surface area (Å²) in [5.41, 5.74) is 0.868. The second-order valence-corrected chi connectivity index (χ2v) is 5.95. The third-order valence-corrected chi connectivity index (χ3v) is 3.25. The molecule has 0 amide bonds. The van der Waals surface area contributed by atoms with Crippen molar-refractivity contribution >= 4 is 11.9 Å². The largest absolute Gasteiger partial charge is 0.508 e. The molecule has 5 heteroatoms. The molecule has 1 aromatic carbocycles. The first-order valence-electron chi connectivity index (χ1n) is 10.1. The van der Waals surface area contributed by atoms with Crippen LogP contribution in [0.2, 0.25) is 0 Å². The maximum atomic E-state index is 11.7. The second kappa shape index (κ2) is 20.1. The predicted octanol–water partition coefficient (Wildman–Crippen LogP) is 0.779. The molecule has 0 heterocycles. The molecule has 1 N–H and O–H groups in total. The van der Waals surface area contributed by atoms with Crippen LogP contribution in [-0.4, -0.2) is 17.0 Å². The summed E-state index contributed by atoms with van der Waals surface area (Å²) in [6, 6.07) is 4.31. The highest BCUT2D eigenvalue weighted by atomic mass is 16.5.